The summed E-state index contributed by atoms with van der Waals surface area (Å²) in [6, 6.07) is 14.3. The number of rotatable bonds is 1. The van der Waals surface area contributed by atoms with Gasteiger partial charge in [-0.2, -0.15) is 0 Å². The lowest BCUT2D eigenvalue weighted by atomic mass is 10.2. The van der Waals surface area contributed by atoms with Crippen LogP contribution in [0.25, 0.3) is 10.9 Å². The molecular weight excluding hydrogens is 230 g/mol. The van der Waals surface area contributed by atoms with Crippen molar-refractivity contribution in [3.8, 4) is 0 Å². The summed E-state index contributed by atoms with van der Waals surface area (Å²) in [7, 11) is 0. The monoisotopic (exact) mass is 241 g/mol. The smallest absolute Gasteiger partial charge is 0.364 e. The van der Waals surface area contributed by atoms with Crippen LogP contribution in [0.3, 0.4) is 0 Å². The zero-order valence-electron chi connectivity index (χ0n) is 9.48. The van der Waals surface area contributed by atoms with Crippen LogP contribution in [0.2, 0.25) is 0 Å². The summed E-state index contributed by atoms with van der Waals surface area (Å²) in [6.07, 6.45) is 3.75. The zero-order chi connectivity index (χ0) is 12.8. The third-order valence-corrected chi connectivity index (χ3v) is 2.27. The normalized spacial score (nSPS) is 9.56. The van der Waals surface area contributed by atoms with Crippen molar-refractivity contribution < 1.29 is 4.92 Å². The molecule has 0 aliphatic carbocycles. The first-order valence-corrected chi connectivity index (χ1v) is 5.35. The molecule has 5 heteroatoms. The average Bonchev–Trinajstić information content (AvgIpc) is 2.97. The van der Waals surface area contributed by atoms with Crippen LogP contribution < -0.4 is 0 Å². The van der Waals surface area contributed by atoms with E-state index in [9.17, 15) is 10.1 Å². The van der Waals surface area contributed by atoms with Gasteiger partial charge in [0, 0.05) is 23.8 Å². The lowest BCUT2D eigenvalue weighted by Crippen LogP contribution is -1.91. The van der Waals surface area contributed by atoms with E-state index in [4.69, 9.17) is 0 Å². The Bertz CT molecular complexity index is 618. The topological polar surface area (TPSA) is 71.8 Å². The molecule has 0 radical (unpaired) electrons. The molecule has 3 aromatic rings. The third kappa shape index (κ3) is 2.91. The first kappa shape index (κ1) is 11.8. The summed E-state index contributed by atoms with van der Waals surface area (Å²) in [4.78, 5) is 16.6. The molecule has 1 N–H and O–H groups in total. The van der Waals surface area contributed by atoms with E-state index in [0.29, 0.717) is 5.52 Å². The molecule has 90 valence electrons. The van der Waals surface area contributed by atoms with Gasteiger partial charge >= 0.3 is 5.82 Å². The second kappa shape index (κ2) is 5.58. The minimum Gasteiger partial charge on any atom is -0.368 e. The van der Waals surface area contributed by atoms with Gasteiger partial charge in [-0.1, -0.05) is 18.2 Å². The van der Waals surface area contributed by atoms with E-state index in [1.807, 2.05) is 36.7 Å². The van der Waals surface area contributed by atoms with E-state index in [2.05, 4.69) is 9.97 Å². The maximum Gasteiger partial charge on any atom is 0.364 e. The van der Waals surface area contributed by atoms with Crippen molar-refractivity contribution in [2.45, 2.75) is 0 Å². The number of aromatic amines is 1. The molecule has 2 aromatic heterocycles. The van der Waals surface area contributed by atoms with Crippen LogP contribution >= 0.6 is 0 Å². The van der Waals surface area contributed by atoms with Crippen LogP contribution in [0, 0.1) is 10.1 Å². The van der Waals surface area contributed by atoms with Crippen LogP contribution in [0.4, 0.5) is 5.82 Å². The van der Waals surface area contributed by atoms with E-state index < -0.39 is 4.92 Å². The number of aromatic nitrogens is 2. The molecule has 18 heavy (non-hydrogen) atoms. The van der Waals surface area contributed by atoms with Gasteiger partial charge in [0.2, 0.25) is 0 Å². The lowest BCUT2D eigenvalue weighted by molar-refractivity contribution is -0.389. The number of nitrogens with zero attached hydrogens (tertiary/aromatic N) is 2. The van der Waals surface area contributed by atoms with Crippen molar-refractivity contribution in [1.82, 2.24) is 9.97 Å². The van der Waals surface area contributed by atoms with E-state index in [-0.39, 0.29) is 5.82 Å². The number of nitrogens with one attached hydrogen (secondary N) is 1. The van der Waals surface area contributed by atoms with Gasteiger partial charge < -0.3 is 15.1 Å². The van der Waals surface area contributed by atoms with E-state index in [0.717, 1.165) is 5.39 Å². The molecule has 0 amide bonds. The molecule has 0 bridgehead atoms. The quantitative estimate of drug-likeness (QED) is 0.525. The second-order valence-corrected chi connectivity index (χ2v) is 3.50. The number of pyridine rings is 1. The highest BCUT2D eigenvalue weighted by Gasteiger charge is 2.07. The predicted molar refractivity (Wildman–Crippen MR) is 69.2 cm³/mol. The molecule has 0 saturated heterocycles. The molecule has 5 nitrogen and oxygen atoms in total. The average molecular weight is 241 g/mol. The summed E-state index contributed by atoms with van der Waals surface area (Å²) in [5.41, 5.74) is 0.650. The molecule has 1 aromatic carbocycles. The lowest BCUT2D eigenvalue weighted by Gasteiger charge is -1.93. The Morgan fingerprint density at radius 3 is 2.33 bits per heavy atom. The number of H-pyrrole nitrogens is 1. The summed E-state index contributed by atoms with van der Waals surface area (Å²) in [5, 5.41) is 11.3. The highest BCUT2D eigenvalue weighted by atomic mass is 16.6. The van der Waals surface area contributed by atoms with Crippen molar-refractivity contribution in [3.63, 3.8) is 0 Å². The fourth-order valence-electron chi connectivity index (χ4n) is 1.43. The number of hydrogen-bond acceptors (Lipinski definition) is 3. The predicted octanol–water partition coefficient (Wildman–Crippen LogP) is 3.16. The fraction of sp³-hybridized carbons (Fsp3) is 0. The molecule has 0 unspecified atom stereocenters. The van der Waals surface area contributed by atoms with Gasteiger partial charge in [-0.3, -0.25) is 0 Å². The highest BCUT2D eigenvalue weighted by Crippen LogP contribution is 2.15. The number of benzene rings is 1. The first-order valence-electron chi connectivity index (χ1n) is 5.35. The van der Waals surface area contributed by atoms with Gasteiger partial charge in [-0.15, -0.1) is 0 Å². The summed E-state index contributed by atoms with van der Waals surface area (Å²) in [6.45, 7) is 0. The Morgan fingerprint density at radius 1 is 1.00 bits per heavy atom. The van der Waals surface area contributed by atoms with Crippen LogP contribution in [-0.2, 0) is 0 Å². The molecule has 0 saturated carbocycles. The van der Waals surface area contributed by atoms with Gasteiger partial charge in [-0.05, 0) is 34.2 Å². The Kier molecular flexibility index (Phi) is 3.66. The van der Waals surface area contributed by atoms with Crippen LogP contribution in [0.1, 0.15) is 0 Å². The Morgan fingerprint density at radius 2 is 1.72 bits per heavy atom. The van der Waals surface area contributed by atoms with Crippen molar-refractivity contribution in [2.24, 2.45) is 0 Å². The minimum absolute atomic E-state index is 0.112. The molecule has 0 aliphatic heterocycles. The molecule has 0 aliphatic rings. The van der Waals surface area contributed by atoms with E-state index in [1.54, 1.807) is 18.2 Å². The first-order chi connectivity index (χ1) is 8.77. The zero-order valence-corrected chi connectivity index (χ0v) is 9.48. The van der Waals surface area contributed by atoms with Crippen molar-refractivity contribution >= 4 is 16.7 Å². The largest absolute Gasteiger partial charge is 0.368 e. The van der Waals surface area contributed by atoms with Crippen LogP contribution in [0.5, 0.6) is 0 Å². The molecular formula is C13H11N3O2. The van der Waals surface area contributed by atoms with Gasteiger partial charge in [0.15, 0.2) is 5.52 Å². The Hall–Kier alpha value is -2.69. The van der Waals surface area contributed by atoms with E-state index >= 15 is 0 Å². The van der Waals surface area contributed by atoms with Crippen molar-refractivity contribution in [3.05, 3.63) is 71.0 Å². The fourth-order valence-corrected chi connectivity index (χ4v) is 1.43. The van der Waals surface area contributed by atoms with Crippen molar-refractivity contribution in [1.29, 1.82) is 0 Å². The molecule has 3 rings (SSSR count). The second-order valence-electron chi connectivity index (χ2n) is 3.50. The number of nitro groups is 1. The maximum absolute atomic E-state index is 10.4. The summed E-state index contributed by atoms with van der Waals surface area (Å²) in [5.74, 6) is -0.112. The van der Waals surface area contributed by atoms with E-state index in [1.165, 1.54) is 6.07 Å². The summed E-state index contributed by atoms with van der Waals surface area (Å²) >= 11 is 0. The Labute approximate surface area is 103 Å². The highest BCUT2D eigenvalue weighted by molar-refractivity contribution is 5.79. The van der Waals surface area contributed by atoms with Gasteiger partial charge in [0.25, 0.3) is 0 Å². The van der Waals surface area contributed by atoms with Gasteiger partial charge in [0.1, 0.15) is 0 Å². The number of para-hydroxylation sites is 1. The maximum atomic E-state index is 10.4. The third-order valence-electron chi connectivity index (χ3n) is 2.27. The number of hydrogen-bond donors (Lipinski definition) is 1. The molecule has 2 heterocycles. The van der Waals surface area contributed by atoms with Gasteiger partial charge in [-0.25, -0.2) is 0 Å². The van der Waals surface area contributed by atoms with Crippen molar-refractivity contribution in [2.75, 3.05) is 0 Å². The molecule has 0 spiro atoms. The Balaban J connectivity index is 0.000000202. The summed E-state index contributed by atoms with van der Waals surface area (Å²) < 4.78 is 0. The van der Waals surface area contributed by atoms with Crippen LogP contribution in [-0.4, -0.2) is 14.9 Å². The molecule has 0 atom stereocenters. The standard InChI is InChI=1S/C9H6N2O2.C4H5N/c12-11(13)9-6-5-7-3-1-2-4-8(7)10-9;1-2-4-5-3-1/h1-6H;1-5H. The minimum atomic E-state index is -0.494. The SMILES string of the molecule is O=[N+]([O-])c1ccc2ccccc2n1.c1cc[nH]c1. The number of fused-ring (bicyclic) bond motifs is 1. The van der Waals surface area contributed by atoms with Gasteiger partial charge in [0.05, 0.1) is 0 Å². The van der Waals surface area contributed by atoms with Crippen LogP contribution in [0.15, 0.2) is 60.9 Å². The molecule has 0 fully saturated rings.